The largest absolute Gasteiger partial charge is 0.309 e. The highest BCUT2D eigenvalue weighted by molar-refractivity contribution is 6.14. The zero-order chi connectivity index (χ0) is 41.4. The molecular formula is C57H36N6. The predicted molar refractivity (Wildman–Crippen MR) is 259 cm³/mol. The van der Waals surface area contributed by atoms with Crippen LogP contribution in [-0.2, 0) is 0 Å². The van der Waals surface area contributed by atoms with Crippen molar-refractivity contribution in [3.63, 3.8) is 0 Å². The predicted octanol–water partition coefficient (Wildman–Crippen LogP) is 14.2. The molecule has 0 aliphatic rings. The molecule has 0 amide bonds. The summed E-state index contributed by atoms with van der Waals surface area (Å²) in [6.07, 6.45) is 0. The first-order chi connectivity index (χ1) is 31.3. The molecule has 4 aromatic heterocycles. The molecule has 4 heterocycles. The fourth-order valence-corrected chi connectivity index (χ4v) is 9.72. The van der Waals surface area contributed by atoms with Gasteiger partial charge < -0.3 is 13.7 Å². The fourth-order valence-electron chi connectivity index (χ4n) is 9.72. The normalized spacial score (nSPS) is 11.8. The zero-order valence-electron chi connectivity index (χ0n) is 34.0. The summed E-state index contributed by atoms with van der Waals surface area (Å²) in [7, 11) is 0. The minimum atomic E-state index is 0.602. The average Bonchev–Trinajstić information content (AvgIpc) is 3.99. The molecule has 13 rings (SSSR count). The maximum Gasteiger partial charge on any atom is 0.166 e. The SMILES string of the molecule is c1ccc(-c2nc(-c3ccccc3)nc(-c3ccccc3-n3c4cc(-n5c6ccccc6c6ccccc65)ccc4c4ccc(-n5c6ccccc6c6ccccc65)cc43)n2)cc1. The number of aromatic nitrogens is 6. The van der Waals surface area contributed by atoms with Crippen molar-refractivity contribution < 1.29 is 0 Å². The lowest BCUT2D eigenvalue weighted by atomic mass is 10.1. The van der Waals surface area contributed by atoms with Gasteiger partial charge in [0.1, 0.15) is 0 Å². The van der Waals surface area contributed by atoms with E-state index >= 15 is 0 Å². The zero-order valence-corrected chi connectivity index (χ0v) is 34.0. The second kappa shape index (κ2) is 14.0. The second-order valence-corrected chi connectivity index (χ2v) is 16.0. The van der Waals surface area contributed by atoms with Gasteiger partial charge in [0.25, 0.3) is 0 Å². The Balaban J connectivity index is 1.12. The average molecular weight is 805 g/mol. The van der Waals surface area contributed by atoms with Gasteiger partial charge in [-0.25, -0.2) is 15.0 Å². The molecule has 6 heteroatoms. The first kappa shape index (κ1) is 35.2. The minimum Gasteiger partial charge on any atom is -0.309 e. The van der Waals surface area contributed by atoms with Crippen LogP contribution >= 0.6 is 0 Å². The Kier molecular flexibility index (Phi) is 7.80. The molecule has 0 N–H and O–H groups in total. The highest BCUT2D eigenvalue weighted by atomic mass is 15.1. The van der Waals surface area contributed by atoms with E-state index in [0.29, 0.717) is 17.5 Å². The van der Waals surface area contributed by atoms with Crippen molar-refractivity contribution in [1.82, 2.24) is 28.7 Å². The Labute approximate surface area is 362 Å². The van der Waals surface area contributed by atoms with E-state index in [1.165, 1.54) is 43.6 Å². The van der Waals surface area contributed by atoms with Gasteiger partial charge >= 0.3 is 0 Å². The Morgan fingerprint density at radius 1 is 0.254 bits per heavy atom. The summed E-state index contributed by atoms with van der Waals surface area (Å²) in [5, 5.41) is 7.23. The van der Waals surface area contributed by atoms with Crippen LogP contribution in [0.25, 0.3) is 117 Å². The highest BCUT2D eigenvalue weighted by Gasteiger charge is 2.22. The van der Waals surface area contributed by atoms with Gasteiger partial charge in [0.2, 0.25) is 0 Å². The van der Waals surface area contributed by atoms with E-state index in [1.807, 2.05) is 36.4 Å². The van der Waals surface area contributed by atoms with E-state index in [9.17, 15) is 0 Å². The third-order valence-corrected chi connectivity index (χ3v) is 12.5. The standard InChI is InChI=1S/C57H36N6/c1-3-17-37(18-4-1)55-58-56(38-19-5-2-6-20-38)60-57(59-55)47-25-11-16-30-52(47)63-53-35-39(61-48-26-12-7-21-41(48)42-22-8-13-27-49(42)61)31-33-45(53)46-34-32-40(36-54(46)63)62-50-28-14-9-23-43(50)44-24-10-15-29-51(44)62/h1-36H. The summed E-state index contributed by atoms with van der Waals surface area (Å²) < 4.78 is 7.21. The van der Waals surface area contributed by atoms with E-state index in [-0.39, 0.29) is 0 Å². The van der Waals surface area contributed by atoms with Crippen LogP contribution in [0, 0.1) is 0 Å². The summed E-state index contributed by atoms with van der Waals surface area (Å²) >= 11 is 0. The molecule has 0 saturated heterocycles. The van der Waals surface area contributed by atoms with E-state index in [4.69, 9.17) is 15.0 Å². The minimum absolute atomic E-state index is 0.602. The fraction of sp³-hybridized carbons (Fsp3) is 0. The number of hydrogen-bond donors (Lipinski definition) is 0. The van der Waals surface area contributed by atoms with Crippen LogP contribution in [0.1, 0.15) is 0 Å². The van der Waals surface area contributed by atoms with E-state index < -0.39 is 0 Å². The number of benzene rings is 9. The second-order valence-electron chi connectivity index (χ2n) is 16.0. The van der Waals surface area contributed by atoms with Gasteiger partial charge in [0.15, 0.2) is 17.5 Å². The summed E-state index contributed by atoms with van der Waals surface area (Å²) in [4.78, 5) is 15.5. The summed E-state index contributed by atoms with van der Waals surface area (Å²) in [5.74, 6) is 1.85. The highest BCUT2D eigenvalue weighted by Crippen LogP contribution is 2.41. The first-order valence-electron chi connectivity index (χ1n) is 21.3. The molecule has 0 unspecified atom stereocenters. The third kappa shape index (κ3) is 5.48. The Bertz CT molecular complexity index is 3580. The van der Waals surface area contributed by atoms with E-state index in [0.717, 1.165) is 55.6 Å². The van der Waals surface area contributed by atoms with Crippen molar-refractivity contribution in [1.29, 1.82) is 0 Å². The quantitative estimate of drug-likeness (QED) is 0.168. The molecule has 0 aliphatic carbocycles. The molecule has 294 valence electrons. The van der Waals surface area contributed by atoms with Gasteiger partial charge in [0, 0.05) is 60.4 Å². The van der Waals surface area contributed by atoms with Crippen LogP contribution in [0.4, 0.5) is 0 Å². The molecule has 0 atom stereocenters. The van der Waals surface area contributed by atoms with Gasteiger partial charge in [-0.05, 0) is 60.7 Å². The molecule has 0 saturated carbocycles. The van der Waals surface area contributed by atoms with Crippen molar-refractivity contribution >= 4 is 65.4 Å². The Morgan fingerprint density at radius 2 is 0.603 bits per heavy atom. The number of rotatable bonds is 6. The summed E-state index contributed by atoms with van der Waals surface area (Å²) in [6.45, 7) is 0. The van der Waals surface area contributed by atoms with Crippen LogP contribution in [0.5, 0.6) is 0 Å². The van der Waals surface area contributed by atoms with Crippen LogP contribution in [-0.4, -0.2) is 28.7 Å². The Morgan fingerprint density at radius 3 is 1.05 bits per heavy atom. The topological polar surface area (TPSA) is 53.5 Å². The molecule has 0 spiro atoms. The summed E-state index contributed by atoms with van der Waals surface area (Å²) in [6, 6.07) is 77.5. The van der Waals surface area contributed by atoms with Crippen LogP contribution in [0.3, 0.4) is 0 Å². The first-order valence-corrected chi connectivity index (χ1v) is 21.3. The molecule has 63 heavy (non-hydrogen) atoms. The third-order valence-electron chi connectivity index (χ3n) is 12.5. The maximum absolute atomic E-state index is 5.24. The lowest BCUT2D eigenvalue weighted by Gasteiger charge is -2.16. The van der Waals surface area contributed by atoms with Gasteiger partial charge in [-0.3, -0.25) is 0 Å². The molecule has 0 radical (unpaired) electrons. The van der Waals surface area contributed by atoms with Gasteiger partial charge in [-0.15, -0.1) is 0 Å². The van der Waals surface area contributed by atoms with Crippen molar-refractivity contribution in [2.75, 3.05) is 0 Å². The van der Waals surface area contributed by atoms with E-state index in [2.05, 4.69) is 196 Å². The van der Waals surface area contributed by atoms with Crippen molar-refractivity contribution in [3.8, 4) is 51.2 Å². The number of hydrogen-bond acceptors (Lipinski definition) is 3. The van der Waals surface area contributed by atoms with Crippen molar-refractivity contribution in [3.05, 3.63) is 218 Å². The van der Waals surface area contributed by atoms with Gasteiger partial charge in [0.05, 0.1) is 38.8 Å². The lowest BCUT2D eigenvalue weighted by Crippen LogP contribution is -2.04. The molecule has 9 aromatic carbocycles. The number of fused-ring (bicyclic) bond motifs is 9. The Hall–Kier alpha value is -8.61. The van der Waals surface area contributed by atoms with E-state index in [1.54, 1.807) is 0 Å². The smallest absolute Gasteiger partial charge is 0.166 e. The van der Waals surface area contributed by atoms with Crippen molar-refractivity contribution in [2.24, 2.45) is 0 Å². The van der Waals surface area contributed by atoms with Crippen molar-refractivity contribution in [2.45, 2.75) is 0 Å². The van der Waals surface area contributed by atoms with Crippen LogP contribution < -0.4 is 0 Å². The molecule has 0 bridgehead atoms. The number of nitrogens with zero attached hydrogens (tertiary/aromatic N) is 6. The molecule has 0 aliphatic heterocycles. The monoisotopic (exact) mass is 804 g/mol. The molecule has 0 fully saturated rings. The summed E-state index contributed by atoms with van der Waals surface area (Å²) in [5.41, 5.74) is 12.7. The van der Waals surface area contributed by atoms with Gasteiger partial charge in [-0.1, -0.05) is 158 Å². The number of para-hydroxylation sites is 5. The maximum atomic E-state index is 5.24. The molecule has 13 aromatic rings. The molecule has 6 nitrogen and oxygen atoms in total. The van der Waals surface area contributed by atoms with Crippen LogP contribution in [0.2, 0.25) is 0 Å². The molecular weight excluding hydrogens is 769 g/mol. The van der Waals surface area contributed by atoms with Gasteiger partial charge in [-0.2, -0.15) is 0 Å². The van der Waals surface area contributed by atoms with Crippen LogP contribution in [0.15, 0.2) is 218 Å². The lowest BCUT2D eigenvalue weighted by molar-refractivity contribution is 1.06.